The van der Waals surface area contributed by atoms with Gasteiger partial charge in [-0.05, 0) is 24.5 Å². The second-order valence-electron chi connectivity index (χ2n) is 5.50. The van der Waals surface area contributed by atoms with Crippen LogP contribution in [0.1, 0.15) is 18.4 Å². The number of aryl methyl sites for hydroxylation is 1. The SMILES string of the molecule is CN(CCC(=O)O)C(=O)NCC(=O)N1CCCc2ccccc21. The molecule has 124 valence electrons. The lowest BCUT2D eigenvalue weighted by Crippen LogP contribution is -2.46. The molecule has 0 radical (unpaired) electrons. The van der Waals surface area contributed by atoms with Crippen LogP contribution in [0.4, 0.5) is 10.5 Å². The minimum atomic E-state index is -0.967. The zero-order valence-corrected chi connectivity index (χ0v) is 13.1. The first-order valence-electron chi connectivity index (χ1n) is 7.58. The lowest BCUT2D eigenvalue weighted by Gasteiger charge is -2.29. The smallest absolute Gasteiger partial charge is 0.317 e. The number of nitrogens with zero attached hydrogens (tertiary/aromatic N) is 2. The fraction of sp³-hybridized carbons (Fsp3) is 0.438. The maximum atomic E-state index is 12.4. The molecule has 0 spiro atoms. The quantitative estimate of drug-likeness (QED) is 0.850. The first-order valence-corrected chi connectivity index (χ1v) is 7.58. The number of aliphatic carboxylic acids is 1. The van der Waals surface area contributed by atoms with E-state index in [-0.39, 0.29) is 25.4 Å². The van der Waals surface area contributed by atoms with Crippen molar-refractivity contribution in [1.29, 1.82) is 0 Å². The van der Waals surface area contributed by atoms with Crippen molar-refractivity contribution in [3.8, 4) is 0 Å². The lowest BCUT2D eigenvalue weighted by atomic mass is 10.0. The van der Waals surface area contributed by atoms with E-state index in [2.05, 4.69) is 5.32 Å². The molecule has 23 heavy (non-hydrogen) atoms. The summed E-state index contributed by atoms with van der Waals surface area (Å²) in [7, 11) is 1.50. The molecule has 3 amide bonds. The number of anilines is 1. The standard InChI is InChI=1S/C16H21N3O4/c1-18(10-8-15(21)22)16(23)17-11-14(20)19-9-4-6-12-5-2-3-7-13(12)19/h2-3,5,7H,4,6,8-11H2,1H3,(H,17,23)(H,21,22). The molecule has 0 saturated carbocycles. The van der Waals surface area contributed by atoms with Crippen LogP contribution in [0, 0.1) is 0 Å². The average molecular weight is 319 g/mol. The van der Waals surface area contributed by atoms with E-state index in [4.69, 9.17) is 5.11 Å². The van der Waals surface area contributed by atoms with Gasteiger partial charge in [-0.1, -0.05) is 18.2 Å². The summed E-state index contributed by atoms with van der Waals surface area (Å²) < 4.78 is 0. The average Bonchev–Trinajstić information content (AvgIpc) is 2.56. The third-order valence-corrected chi connectivity index (χ3v) is 3.81. The summed E-state index contributed by atoms with van der Waals surface area (Å²) in [6.07, 6.45) is 1.72. The second kappa shape index (κ2) is 7.62. The van der Waals surface area contributed by atoms with E-state index in [1.54, 1.807) is 4.90 Å². The third kappa shape index (κ3) is 4.45. The summed E-state index contributed by atoms with van der Waals surface area (Å²) in [6.45, 7) is 0.632. The van der Waals surface area contributed by atoms with Gasteiger partial charge < -0.3 is 20.2 Å². The van der Waals surface area contributed by atoms with Crippen molar-refractivity contribution >= 4 is 23.6 Å². The number of carbonyl (C=O) groups excluding carboxylic acids is 2. The largest absolute Gasteiger partial charge is 0.481 e. The molecular formula is C16H21N3O4. The Morgan fingerprint density at radius 2 is 2.04 bits per heavy atom. The highest BCUT2D eigenvalue weighted by Gasteiger charge is 2.22. The van der Waals surface area contributed by atoms with Crippen molar-refractivity contribution in [2.75, 3.05) is 31.6 Å². The van der Waals surface area contributed by atoms with E-state index >= 15 is 0 Å². The van der Waals surface area contributed by atoms with E-state index in [9.17, 15) is 14.4 Å². The van der Waals surface area contributed by atoms with E-state index in [0.717, 1.165) is 24.1 Å². The molecule has 2 N–H and O–H groups in total. The van der Waals surface area contributed by atoms with Crippen LogP contribution in [0.15, 0.2) is 24.3 Å². The molecule has 0 fully saturated rings. The van der Waals surface area contributed by atoms with Crippen LogP contribution in [0.5, 0.6) is 0 Å². The Balaban J connectivity index is 1.88. The molecule has 0 aliphatic carbocycles. The lowest BCUT2D eigenvalue weighted by molar-refractivity contribution is -0.137. The summed E-state index contributed by atoms with van der Waals surface area (Å²) >= 11 is 0. The summed E-state index contributed by atoms with van der Waals surface area (Å²) in [5.74, 6) is -1.14. The zero-order valence-electron chi connectivity index (χ0n) is 13.1. The van der Waals surface area contributed by atoms with Gasteiger partial charge in [0.05, 0.1) is 13.0 Å². The molecule has 7 nitrogen and oxygen atoms in total. The zero-order chi connectivity index (χ0) is 16.8. The van der Waals surface area contributed by atoms with Gasteiger partial charge in [-0.3, -0.25) is 9.59 Å². The molecule has 1 aromatic rings. The van der Waals surface area contributed by atoms with Crippen molar-refractivity contribution in [2.45, 2.75) is 19.3 Å². The highest BCUT2D eigenvalue weighted by atomic mass is 16.4. The summed E-state index contributed by atoms with van der Waals surface area (Å²) in [5.41, 5.74) is 2.04. The highest BCUT2D eigenvalue weighted by molar-refractivity contribution is 5.97. The van der Waals surface area contributed by atoms with Crippen LogP contribution < -0.4 is 10.2 Å². The van der Waals surface area contributed by atoms with Gasteiger partial charge in [-0.15, -0.1) is 0 Å². The number of amides is 3. The number of hydrogen-bond acceptors (Lipinski definition) is 3. The molecule has 1 aromatic carbocycles. The summed E-state index contributed by atoms with van der Waals surface area (Å²) in [4.78, 5) is 37.6. The van der Waals surface area contributed by atoms with Crippen LogP contribution in [0.2, 0.25) is 0 Å². The van der Waals surface area contributed by atoms with Gasteiger partial charge in [0, 0.05) is 25.8 Å². The van der Waals surface area contributed by atoms with Crippen molar-refractivity contribution in [1.82, 2.24) is 10.2 Å². The van der Waals surface area contributed by atoms with Crippen LogP contribution in [-0.2, 0) is 16.0 Å². The molecule has 0 saturated heterocycles. The molecule has 0 atom stereocenters. The fourth-order valence-corrected chi connectivity index (χ4v) is 2.54. The highest BCUT2D eigenvalue weighted by Crippen LogP contribution is 2.26. The van der Waals surface area contributed by atoms with E-state index in [1.807, 2.05) is 24.3 Å². The number of fused-ring (bicyclic) bond motifs is 1. The molecule has 1 aliphatic rings. The molecular weight excluding hydrogens is 298 g/mol. The summed E-state index contributed by atoms with van der Waals surface area (Å²) in [5, 5.41) is 11.1. The Morgan fingerprint density at radius 1 is 1.30 bits per heavy atom. The predicted molar refractivity (Wildman–Crippen MR) is 85.4 cm³/mol. The van der Waals surface area contributed by atoms with Gasteiger partial charge in [0.2, 0.25) is 5.91 Å². The third-order valence-electron chi connectivity index (χ3n) is 3.81. The molecule has 0 bridgehead atoms. The minimum Gasteiger partial charge on any atom is -0.481 e. The van der Waals surface area contributed by atoms with Gasteiger partial charge >= 0.3 is 12.0 Å². The van der Waals surface area contributed by atoms with E-state index < -0.39 is 12.0 Å². The van der Waals surface area contributed by atoms with Crippen molar-refractivity contribution < 1.29 is 19.5 Å². The van der Waals surface area contributed by atoms with Gasteiger partial charge in [0.1, 0.15) is 0 Å². The number of rotatable bonds is 5. The minimum absolute atomic E-state index is 0.0991. The first kappa shape index (κ1) is 16.8. The van der Waals surface area contributed by atoms with Crippen molar-refractivity contribution in [3.05, 3.63) is 29.8 Å². The molecule has 0 aromatic heterocycles. The molecule has 2 rings (SSSR count). The molecule has 1 heterocycles. The number of nitrogens with one attached hydrogen (secondary N) is 1. The Labute approximate surface area is 134 Å². The number of hydrogen-bond donors (Lipinski definition) is 2. The van der Waals surface area contributed by atoms with Crippen LogP contribution in [-0.4, -0.2) is 54.6 Å². The van der Waals surface area contributed by atoms with Crippen molar-refractivity contribution in [3.63, 3.8) is 0 Å². The Hall–Kier alpha value is -2.57. The van der Waals surface area contributed by atoms with Gasteiger partial charge in [0.15, 0.2) is 0 Å². The van der Waals surface area contributed by atoms with E-state index in [1.165, 1.54) is 11.9 Å². The second-order valence-corrected chi connectivity index (χ2v) is 5.50. The van der Waals surface area contributed by atoms with Gasteiger partial charge in [0.25, 0.3) is 0 Å². The molecule has 7 heteroatoms. The summed E-state index contributed by atoms with van der Waals surface area (Å²) in [6, 6.07) is 7.31. The Bertz CT molecular complexity index is 603. The normalized spacial score (nSPS) is 13.2. The number of benzene rings is 1. The molecule has 0 unspecified atom stereocenters. The van der Waals surface area contributed by atoms with Crippen LogP contribution in [0.25, 0.3) is 0 Å². The van der Waals surface area contributed by atoms with Gasteiger partial charge in [-0.25, -0.2) is 4.79 Å². The maximum Gasteiger partial charge on any atom is 0.317 e. The Kier molecular flexibility index (Phi) is 5.56. The number of urea groups is 1. The number of para-hydroxylation sites is 1. The van der Waals surface area contributed by atoms with Gasteiger partial charge in [-0.2, -0.15) is 0 Å². The number of carboxylic acid groups (broad SMARTS) is 1. The van der Waals surface area contributed by atoms with E-state index in [0.29, 0.717) is 6.54 Å². The fourth-order valence-electron chi connectivity index (χ4n) is 2.54. The first-order chi connectivity index (χ1) is 11.0. The number of carboxylic acids is 1. The van der Waals surface area contributed by atoms with Crippen LogP contribution >= 0.6 is 0 Å². The predicted octanol–water partition coefficient (Wildman–Crippen LogP) is 1.08. The maximum absolute atomic E-state index is 12.4. The van der Waals surface area contributed by atoms with Crippen LogP contribution in [0.3, 0.4) is 0 Å². The molecule has 1 aliphatic heterocycles. The monoisotopic (exact) mass is 319 g/mol. The topological polar surface area (TPSA) is 90.0 Å². The number of carbonyl (C=O) groups is 3. The Morgan fingerprint density at radius 3 is 2.78 bits per heavy atom. The van der Waals surface area contributed by atoms with Crippen molar-refractivity contribution in [2.24, 2.45) is 0 Å².